The lowest BCUT2D eigenvalue weighted by molar-refractivity contribution is -0.141. The molecule has 0 bridgehead atoms. The lowest BCUT2D eigenvalue weighted by Crippen LogP contribution is -2.32. The average Bonchev–Trinajstić information content (AvgIpc) is 2.76. The Kier molecular flexibility index (Phi) is 3.71. The number of carbonyl (C=O) groups is 2. The van der Waals surface area contributed by atoms with E-state index in [9.17, 15) is 9.59 Å². The molecule has 19 heavy (non-hydrogen) atoms. The highest BCUT2D eigenvalue weighted by Crippen LogP contribution is 2.20. The van der Waals surface area contributed by atoms with Crippen LogP contribution in [-0.2, 0) is 9.53 Å². The Bertz CT molecular complexity index is 638. The SMILES string of the molecule is COC(=O)CN(C)C(=O)c1ccc2nc(Cl)oc2c1. The molecule has 100 valence electrons. The number of fused-ring (bicyclic) bond motifs is 1. The molecule has 0 atom stereocenters. The van der Waals surface area contributed by atoms with Crippen LogP contribution in [0.4, 0.5) is 0 Å². The number of carbonyl (C=O) groups excluding carboxylic acids is 2. The van der Waals surface area contributed by atoms with E-state index in [4.69, 9.17) is 16.0 Å². The number of nitrogens with zero attached hydrogens (tertiary/aromatic N) is 2. The summed E-state index contributed by atoms with van der Waals surface area (Å²) in [5, 5.41) is 0.0162. The van der Waals surface area contributed by atoms with Gasteiger partial charge in [-0.25, -0.2) is 0 Å². The number of benzene rings is 1. The van der Waals surface area contributed by atoms with Crippen LogP contribution in [0.1, 0.15) is 10.4 Å². The van der Waals surface area contributed by atoms with E-state index in [1.54, 1.807) is 12.1 Å². The molecule has 0 fully saturated rings. The summed E-state index contributed by atoms with van der Waals surface area (Å²) in [5.74, 6) is -0.806. The van der Waals surface area contributed by atoms with Crippen LogP contribution < -0.4 is 0 Å². The maximum Gasteiger partial charge on any atom is 0.325 e. The normalized spacial score (nSPS) is 10.5. The minimum Gasteiger partial charge on any atom is -0.468 e. The number of halogens is 1. The van der Waals surface area contributed by atoms with Crippen molar-refractivity contribution in [2.24, 2.45) is 0 Å². The predicted octanol–water partition coefficient (Wildman–Crippen LogP) is 1.73. The predicted molar refractivity (Wildman–Crippen MR) is 68.0 cm³/mol. The zero-order valence-electron chi connectivity index (χ0n) is 10.3. The second kappa shape index (κ2) is 5.27. The maximum absolute atomic E-state index is 12.1. The summed E-state index contributed by atoms with van der Waals surface area (Å²) in [6.07, 6.45) is 0. The fraction of sp³-hybridized carbons (Fsp3) is 0.250. The van der Waals surface area contributed by atoms with Gasteiger partial charge in [0.1, 0.15) is 12.1 Å². The minimum absolute atomic E-state index is 0.0162. The second-order valence-corrected chi connectivity index (χ2v) is 4.21. The summed E-state index contributed by atoms with van der Waals surface area (Å²) in [7, 11) is 2.78. The number of amides is 1. The molecule has 1 amide bonds. The Morgan fingerprint density at radius 2 is 2.21 bits per heavy atom. The Morgan fingerprint density at radius 3 is 2.89 bits per heavy atom. The molecule has 0 saturated heterocycles. The van der Waals surface area contributed by atoms with Gasteiger partial charge in [0.15, 0.2) is 5.58 Å². The lowest BCUT2D eigenvalue weighted by atomic mass is 10.2. The quantitative estimate of drug-likeness (QED) is 0.802. The summed E-state index contributed by atoms with van der Waals surface area (Å²) in [6, 6.07) is 4.76. The van der Waals surface area contributed by atoms with E-state index < -0.39 is 5.97 Å². The third-order valence-corrected chi connectivity index (χ3v) is 2.71. The van der Waals surface area contributed by atoms with E-state index in [0.717, 1.165) is 0 Å². The molecule has 7 heteroatoms. The van der Waals surface area contributed by atoms with Crippen molar-refractivity contribution in [2.45, 2.75) is 0 Å². The van der Waals surface area contributed by atoms with E-state index in [1.165, 1.54) is 25.1 Å². The summed E-state index contributed by atoms with van der Waals surface area (Å²) >= 11 is 5.63. The van der Waals surface area contributed by atoms with Crippen molar-refractivity contribution >= 4 is 34.6 Å². The average molecular weight is 283 g/mol. The maximum atomic E-state index is 12.1. The molecule has 0 radical (unpaired) electrons. The Labute approximate surface area is 113 Å². The van der Waals surface area contributed by atoms with Crippen molar-refractivity contribution in [2.75, 3.05) is 20.7 Å². The van der Waals surface area contributed by atoms with Gasteiger partial charge in [0, 0.05) is 12.6 Å². The van der Waals surface area contributed by atoms with Gasteiger partial charge in [0.25, 0.3) is 11.3 Å². The zero-order valence-corrected chi connectivity index (χ0v) is 11.1. The summed E-state index contributed by atoms with van der Waals surface area (Å²) in [5.41, 5.74) is 1.37. The molecule has 2 aromatic rings. The monoisotopic (exact) mass is 282 g/mol. The molecule has 1 heterocycles. The number of hydrogen-bond acceptors (Lipinski definition) is 5. The smallest absolute Gasteiger partial charge is 0.325 e. The zero-order chi connectivity index (χ0) is 14.0. The largest absolute Gasteiger partial charge is 0.468 e. The minimum atomic E-state index is -0.486. The Morgan fingerprint density at radius 1 is 1.47 bits per heavy atom. The Hall–Kier alpha value is -2.08. The molecule has 1 aromatic heterocycles. The molecule has 1 aromatic carbocycles. The number of aromatic nitrogens is 1. The number of hydrogen-bond donors (Lipinski definition) is 0. The molecule has 6 nitrogen and oxygen atoms in total. The van der Waals surface area contributed by atoms with Crippen molar-refractivity contribution in [3.63, 3.8) is 0 Å². The van der Waals surface area contributed by atoms with E-state index >= 15 is 0 Å². The second-order valence-electron chi connectivity index (χ2n) is 3.89. The van der Waals surface area contributed by atoms with Crippen LogP contribution in [0.3, 0.4) is 0 Å². The number of ether oxygens (including phenoxy) is 1. The van der Waals surface area contributed by atoms with E-state index in [0.29, 0.717) is 16.7 Å². The van der Waals surface area contributed by atoms with Crippen molar-refractivity contribution < 1.29 is 18.7 Å². The first kappa shape index (κ1) is 13.4. The van der Waals surface area contributed by atoms with Gasteiger partial charge in [0.05, 0.1) is 7.11 Å². The van der Waals surface area contributed by atoms with E-state index in [2.05, 4.69) is 9.72 Å². The van der Waals surface area contributed by atoms with Gasteiger partial charge in [-0.3, -0.25) is 9.59 Å². The summed E-state index contributed by atoms with van der Waals surface area (Å²) in [6.45, 7) is -0.121. The molecule has 0 aliphatic rings. The fourth-order valence-corrected chi connectivity index (χ4v) is 1.75. The van der Waals surface area contributed by atoms with Gasteiger partial charge < -0.3 is 14.1 Å². The third-order valence-electron chi connectivity index (χ3n) is 2.55. The van der Waals surface area contributed by atoms with Crippen LogP contribution in [0.2, 0.25) is 5.35 Å². The first-order valence-corrected chi connectivity index (χ1v) is 5.77. The van der Waals surface area contributed by atoms with Gasteiger partial charge >= 0.3 is 5.97 Å². The van der Waals surface area contributed by atoms with Crippen LogP contribution in [0.5, 0.6) is 0 Å². The van der Waals surface area contributed by atoms with Crippen molar-refractivity contribution in [3.8, 4) is 0 Å². The number of oxazole rings is 1. The summed E-state index contributed by atoms with van der Waals surface area (Å²) in [4.78, 5) is 28.4. The molecule has 0 saturated carbocycles. The number of esters is 1. The standard InChI is InChI=1S/C12H11ClN2O4/c1-15(6-10(16)18-2)11(17)7-3-4-8-9(5-7)19-12(13)14-8/h3-5H,6H2,1-2H3. The topological polar surface area (TPSA) is 72.6 Å². The third kappa shape index (κ3) is 2.85. The fourth-order valence-electron chi connectivity index (χ4n) is 1.58. The van der Waals surface area contributed by atoms with Crippen molar-refractivity contribution in [1.29, 1.82) is 0 Å². The highest BCUT2D eigenvalue weighted by molar-refractivity contribution is 6.28. The molecule has 0 N–H and O–H groups in total. The van der Waals surface area contributed by atoms with Gasteiger partial charge in [-0.1, -0.05) is 0 Å². The van der Waals surface area contributed by atoms with Crippen LogP contribution in [0, 0.1) is 0 Å². The molecule has 0 spiro atoms. The number of methoxy groups -OCH3 is 1. The highest BCUT2D eigenvalue weighted by atomic mass is 35.5. The first-order chi connectivity index (χ1) is 9.01. The van der Waals surface area contributed by atoms with Gasteiger partial charge in [0.2, 0.25) is 0 Å². The molecule has 2 rings (SSSR count). The van der Waals surface area contributed by atoms with Crippen LogP contribution in [-0.4, -0.2) is 42.5 Å². The molecule has 0 unspecified atom stereocenters. The van der Waals surface area contributed by atoms with Gasteiger partial charge in [-0.15, -0.1) is 0 Å². The molecular formula is C12H11ClN2O4. The Balaban J connectivity index is 2.23. The van der Waals surface area contributed by atoms with Crippen LogP contribution in [0.25, 0.3) is 11.1 Å². The molecular weight excluding hydrogens is 272 g/mol. The summed E-state index contributed by atoms with van der Waals surface area (Å²) < 4.78 is 9.63. The van der Waals surface area contributed by atoms with Crippen LogP contribution >= 0.6 is 11.6 Å². The van der Waals surface area contributed by atoms with E-state index in [1.807, 2.05) is 0 Å². The van der Waals surface area contributed by atoms with Crippen molar-refractivity contribution in [1.82, 2.24) is 9.88 Å². The molecule has 0 aliphatic heterocycles. The first-order valence-electron chi connectivity index (χ1n) is 5.39. The van der Waals surface area contributed by atoms with Crippen LogP contribution in [0.15, 0.2) is 22.6 Å². The van der Waals surface area contributed by atoms with Crippen molar-refractivity contribution in [3.05, 3.63) is 29.1 Å². The highest BCUT2D eigenvalue weighted by Gasteiger charge is 2.16. The molecule has 0 aliphatic carbocycles. The van der Waals surface area contributed by atoms with Gasteiger partial charge in [-0.2, -0.15) is 4.98 Å². The lowest BCUT2D eigenvalue weighted by Gasteiger charge is -2.15. The van der Waals surface area contributed by atoms with Gasteiger partial charge in [-0.05, 0) is 29.8 Å². The van der Waals surface area contributed by atoms with E-state index in [-0.39, 0.29) is 17.8 Å². The number of rotatable bonds is 3. The number of likely N-dealkylation sites (N-methyl/N-ethyl adjacent to an activating group) is 1.